The molecule has 1 saturated heterocycles. The number of carbonyl (C=O) groups is 1. The first-order valence-corrected chi connectivity index (χ1v) is 7.55. The van der Waals surface area contributed by atoms with Crippen molar-refractivity contribution in [3.63, 3.8) is 0 Å². The summed E-state index contributed by atoms with van der Waals surface area (Å²) >= 11 is 0. The highest BCUT2D eigenvalue weighted by atomic mass is 16.2. The number of likely N-dealkylation sites (N-methyl/N-ethyl adjacent to an activating group) is 1. The van der Waals surface area contributed by atoms with Crippen LogP contribution in [0.1, 0.15) is 43.9 Å². The first kappa shape index (κ1) is 15.0. The third kappa shape index (κ3) is 3.40. The summed E-state index contributed by atoms with van der Waals surface area (Å²) in [4.78, 5) is 14.5. The van der Waals surface area contributed by atoms with Gasteiger partial charge in [-0.05, 0) is 44.7 Å². The van der Waals surface area contributed by atoms with Crippen molar-refractivity contribution in [1.29, 1.82) is 0 Å². The van der Waals surface area contributed by atoms with E-state index in [1.165, 1.54) is 17.5 Å². The molecule has 0 aromatic heterocycles. The van der Waals surface area contributed by atoms with Gasteiger partial charge >= 0.3 is 0 Å². The van der Waals surface area contributed by atoms with E-state index in [2.05, 4.69) is 50.4 Å². The summed E-state index contributed by atoms with van der Waals surface area (Å²) in [6.45, 7) is 7.35. The Morgan fingerprint density at radius 2 is 2.00 bits per heavy atom. The smallest absolute Gasteiger partial charge is 0.239 e. The predicted molar refractivity (Wildman–Crippen MR) is 82.6 cm³/mol. The van der Waals surface area contributed by atoms with E-state index < -0.39 is 0 Å². The molecule has 3 atom stereocenters. The summed E-state index contributed by atoms with van der Waals surface area (Å²) in [5, 5.41) is 3.35. The van der Waals surface area contributed by atoms with Crippen LogP contribution in [0.15, 0.2) is 24.3 Å². The van der Waals surface area contributed by atoms with Gasteiger partial charge in [-0.1, -0.05) is 36.8 Å². The molecular weight excluding hydrogens is 248 g/mol. The molecule has 1 aromatic rings. The van der Waals surface area contributed by atoms with E-state index in [-0.39, 0.29) is 18.0 Å². The molecule has 110 valence electrons. The van der Waals surface area contributed by atoms with Gasteiger partial charge in [-0.15, -0.1) is 0 Å². The Morgan fingerprint density at radius 1 is 1.35 bits per heavy atom. The standard InChI is InChI=1S/C17H26N2O/c1-12-5-7-15(8-6-12)14(3)19(4)17(20)16-11-13(2)9-10-18-16/h5-8,13-14,16,18H,9-11H2,1-4H3. The lowest BCUT2D eigenvalue weighted by Gasteiger charge is -2.33. The zero-order chi connectivity index (χ0) is 14.7. The quantitative estimate of drug-likeness (QED) is 0.919. The van der Waals surface area contributed by atoms with Crippen LogP contribution in [0, 0.1) is 12.8 Å². The highest BCUT2D eigenvalue weighted by molar-refractivity contribution is 5.82. The molecule has 20 heavy (non-hydrogen) atoms. The molecule has 1 N–H and O–H groups in total. The number of rotatable bonds is 3. The number of amides is 1. The first-order valence-electron chi connectivity index (χ1n) is 7.55. The summed E-state index contributed by atoms with van der Waals surface area (Å²) in [5.41, 5.74) is 2.44. The topological polar surface area (TPSA) is 32.3 Å². The van der Waals surface area contributed by atoms with E-state index in [1.807, 2.05) is 11.9 Å². The zero-order valence-corrected chi connectivity index (χ0v) is 13.0. The molecule has 0 saturated carbocycles. The molecule has 3 unspecified atom stereocenters. The van der Waals surface area contributed by atoms with E-state index in [0.717, 1.165) is 13.0 Å². The molecular formula is C17H26N2O. The number of piperidine rings is 1. The summed E-state index contributed by atoms with van der Waals surface area (Å²) < 4.78 is 0. The minimum absolute atomic E-state index is 0.0170. The second kappa shape index (κ2) is 6.40. The minimum Gasteiger partial charge on any atom is -0.338 e. The zero-order valence-electron chi connectivity index (χ0n) is 13.0. The van der Waals surface area contributed by atoms with Crippen molar-refractivity contribution in [1.82, 2.24) is 10.2 Å². The fourth-order valence-corrected chi connectivity index (χ4v) is 2.80. The van der Waals surface area contributed by atoms with Gasteiger partial charge in [-0.25, -0.2) is 0 Å². The average molecular weight is 274 g/mol. The number of hydrogen-bond donors (Lipinski definition) is 1. The number of hydrogen-bond acceptors (Lipinski definition) is 2. The van der Waals surface area contributed by atoms with Crippen LogP contribution < -0.4 is 5.32 Å². The Kier molecular flexibility index (Phi) is 4.81. The molecule has 0 aliphatic carbocycles. The van der Waals surface area contributed by atoms with E-state index in [1.54, 1.807) is 0 Å². The molecule has 1 fully saturated rings. The molecule has 1 amide bonds. The Labute approximate surface area is 122 Å². The van der Waals surface area contributed by atoms with Crippen molar-refractivity contribution < 1.29 is 4.79 Å². The van der Waals surface area contributed by atoms with Crippen molar-refractivity contribution in [2.75, 3.05) is 13.6 Å². The number of nitrogens with one attached hydrogen (secondary N) is 1. The van der Waals surface area contributed by atoms with Gasteiger partial charge in [-0.2, -0.15) is 0 Å². The SMILES string of the molecule is Cc1ccc(C(C)N(C)C(=O)C2CC(C)CCN2)cc1. The maximum absolute atomic E-state index is 12.6. The summed E-state index contributed by atoms with van der Waals surface area (Å²) in [5.74, 6) is 0.845. The van der Waals surface area contributed by atoms with Crippen molar-refractivity contribution in [2.24, 2.45) is 5.92 Å². The predicted octanol–water partition coefficient (Wildman–Crippen LogP) is 2.90. The lowest BCUT2D eigenvalue weighted by atomic mass is 9.93. The van der Waals surface area contributed by atoms with Gasteiger partial charge in [0.2, 0.25) is 5.91 Å². The number of aryl methyl sites for hydroxylation is 1. The number of carbonyl (C=O) groups excluding carboxylic acids is 1. The van der Waals surface area contributed by atoms with Gasteiger partial charge in [0.05, 0.1) is 12.1 Å². The fraction of sp³-hybridized carbons (Fsp3) is 0.588. The van der Waals surface area contributed by atoms with Gasteiger partial charge in [-0.3, -0.25) is 4.79 Å². The average Bonchev–Trinajstić information content (AvgIpc) is 2.46. The lowest BCUT2D eigenvalue weighted by Crippen LogP contribution is -2.49. The maximum atomic E-state index is 12.6. The van der Waals surface area contributed by atoms with Gasteiger partial charge in [0.25, 0.3) is 0 Å². The van der Waals surface area contributed by atoms with E-state index >= 15 is 0 Å². The fourth-order valence-electron chi connectivity index (χ4n) is 2.80. The highest BCUT2D eigenvalue weighted by Crippen LogP contribution is 2.22. The molecule has 0 bridgehead atoms. The number of benzene rings is 1. The molecule has 3 heteroatoms. The first-order chi connectivity index (χ1) is 9.49. The van der Waals surface area contributed by atoms with Gasteiger partial charge < -0.3 is 10.2 Å². The molecule has 1 aliphatic heterocycles. The monoisotopic (exact) mass is 274 g/mol. The highest BCUT2D eigenvalue weighted by Gasteiger charge is 2.29. The van der Waals surface area contributed by atoms with Crippen molar-refractivity contribution in [3.05, 3.63) is 35.4 Å². The molecule has 2 rings (SSSR count). The van der Waals surface area contributed by atoms with Crippen LogP contribution in [0.4, 0.5) is 0 Å². The Bertz CT molecular complexity index is 455. The molecule has 1 heterocycles. The Morgan fingerprint density at radius 3 is 2.60 bits per heavy atom. The van der Waals surface area contributed by atoms with Gasteiger partial charge in [0.15, 0.2) is 0 Å². The summed E-state index contributed by atoms with van der Waals surface area (Å²) in [7, 11) is 1.91. The summed E-state index contributed by atoms with van der Waals surface area (Å²) in [6.07, 6.45) is 2.12. The third-order valence-corrected chi connectivity index (χ3v) is 4.45. The second-order valence-electron chi connectivity index (χ2n) is 6.17. The van der Waals surface area contributed by atoms with Crippen LogP contribution in [0.2, 0.25) is 0 Å². The van der Waals surface area contributed by atoms with Crippen molar-refractivity contribution in [3.8, 4) is 0 Å². The van der Waals surface area contributed by atoms with E-state index in [4.69, 9.17) is 0 Å². The van der Waals surface area contributed by atoms with Crippen LogP contribution in [-0.4, -0.2) is 30.4 Å². The minimum atomic E-state index is -0.0170. The third-order valence-electron chi connectivity index (χ3n) is 4.45. The Hall–Kier alpha value is -1.35. The normalized spacial score (nSPS) is 24.2. The molecule has 0 radical (unpaired) electrons. The van der Waals surface area contributed by atoms with Gasteiger partial charge in [0.1, 0.15) is 0 Å². The van der Waals surface area contributed by atoms with Crippen molar-refractivity contribution in [2.45, 2.75) is 45.7 Å². The summed E-state index contributed by atoms with van der Waals surface area (Å²) in [6, 6.07) is 8.52. The van der Waals surface area contributed by atoms with Crippen LogP contribution in [0.25, 0.3) is 0 Å². The molecule has 1 aromatic carbocycles. The molecule has 0 spiro atoms. The largest absolute Gasteiger partial charge is 0.338 e. The van der Waals surface area contributed by atoms with Gasteiger partial charge in [0, 0.05) is 7.05 Å². The van der Waals surface area contributed by atoms with Crippen LogP contribution in [0.5, 0.6) is 0 Å². The van der Waals surface area contributed by atoms with Crippen LogP contribution in [-0.2, 0) is 4.79 Å². The maximum Gasteiger partial charge on any atom is 0.239 e. The Balaban J connectivity index is 2.03. The lowest BCUT2D eigenvalue weighted by molar-refractivity contribution is -0.135. The van der Waals surface area contributed by atoms with Crippen LogP contribution >= 0.6 is 0 Å². The van der Waals surface area contributed by atoms with E-state index in [0.29, 0.717) is 5.92 Å². The number of nitrogens with zero attached hydrogens (tertiary/aromatic N) is 1. The molecule has 1 aliphatic rings. The molecule has 3 nitrogen and oxygen atoms in total. The van der Waals surface area contributed by atoms with E-state index in [9.17, 15) is 4.79 Å². The second-order valence-corrected chi connectivity index (χ2v) is 6.17. The van der Waals surface area contributed by atoms with Crippen LogP contribution in [0.3, 0.4) is 0 Å². The van der Waals surface area contributed by atoms with Crippen molar-refractivity contribution >= 4 is 5.91 Å².